The fraction of sp³-hybridized carbons (Fsp3) is 0.208. The van der Waals surface area contributed by atoms with Crippen LogP contribution >= 0.6 is 0 Å². The molecular formula is C24H24N6O6. The average molecular weight is 492 g/mol. The minimum atomic E-state index is -0.788. The van der Waals surface area contributed by atoms with Crippen LogP contribution in [0.2, 0.25) is 0 Å². The largest absolute Gasteiger partial charge is 0.383 e. The van der Waals surface area contributed by atoms with Gasteiger partial charge in [0.15, 0.2) is 5.69 Å². The Labute approximate surface area is 204 Å². The van der Waals surface area contributed by atoms with Gasteiger partial charge in [-0.05, 0) is 17.7 Å². The lowest BCUT2D eigenvalue weighted by Crippen LogP contribution is -2.42. The third kappa shape index (κ3) is 4.88. The van der Waals surface area contributed by atoms with Crippen LogP contribution in [0.25, 0.3) is 10.9 Å². The number of rotatable bonds is 9. The van der Waals surface area contributed by atoms with E-state index >= 15 is 0 Å². The van der Waals surface area contributed by atoms with Crippen LogP contribution < -0.4 is 21.9 Å². The van der Waals surface area contributed by atoms with Crippen molar-refractivity contribution in [3.63, 3.8) is 0 Å². The molecule has 0 aliphatic rings. The molecule has 0 aliphatic heterocycles. The molecule has 36 heavy (non-hydrogen) atoms. The number of nitrogens with zero attached hydrogens (tertiary/aromatic N) is 4. The van der Waals surface area contributed by atoms with Crippen molar-refractivity contribution < 1.29 is 14.5 Å². The lowest BCUT2D eigenvalue weighted by Gasteiger charge is -2.25. The Morgan fingerprint density at radius 2 is 1.92 bits per heavy atom. The zero-order valence-electron chi connectivity index (χ0n) is 19.4. The Kier molecular flexibility index (Phi) is 6.97. The topological polar surface area (TPSA) is 158 Å². The molecule has 186 valence electrons. The lowest BCUT2D eigenvalue weighted by molar-refractivity contribution is -0.384. The third-order valence-corrected chi connectivity index (χ3v) is 5.76. The molecule has 12 nitrogen and oxygen atoms in total. The highest BCUT2D eigenvalue weighted by Gasteiger charge is 2.25. The summed E-state index contributed by atoms with van der Waals surface area (Å²) in [5.41, 5.74) is 5.90. The molecule has 0 unspecified atom stereocenters. The molecule has 0 saturated heterocycles. The first-order valence-corrected chi connectivity index (χ1v) is 11.0. The number of ether oxygens (including phenoxy) is 1. The Balaban J connectivity index is 1.76. The number of non-ortho nitro benzene ring substituents is 1. The number of aromatic nitrogens is 3. The molecule has 12 heteroatoms. The predicted octanol–water partition coefficient (Wildman–Crippen LogP) is 1.86. The van der Waals surface area contributed by atoms with Crippen LogP contribution in [-0.4, -0.2) is 38.7 Å². The summed E-state index contributed by atoms with van der Waals surface area (Å²) in [5.74, 6) is -0.623. The van der Waals surface area contributed by atoms with Crippen LogP contribution in [0.15, 0.2) is 70.4 Å². The van der Waals surface area contributed by atoms with Gasteiger partial charge in [-0.2, -0.15) is 0 Å². The van der Waals surface area contributed by atoms with Gasteiger partial charge in [0.2, 0.25) is 5.91 Å². The van der Waals surface area contributed by atoms with Gasteiger partial charge in [0.25, 0.3) is 11.2 Å². The van der Waals surface area contributed by atoms with E-state index in [4.69, 9.17) is 10.5 Å². The SMILES string of the molecule is COCCn1c(N)c(N(Cc2ccccc2)C(=O)Cn2ccc3cc([N+](=O)[O-])ccc32)c(=O)[nH]c1=O. The number of nitrogen functional groups attached to an aromatic ring is 1. The second kappa shape index (κ2) is 10.3. The second-order valence-electron chi connectivity index (χ2n) is 8.05. The maximum Gasteiger partial charge on any atom is 0.330 e. The van der Waals surface area contributed by atoms with Crippen molar-refractivity contribution in [2.75, 3.05) is 24.4 Å². The van der Waals surface area contributed by atoms with Gasteiger partial charge in [0.05, 0.1) is 24.6 Å². The number of carbonyl (C=O) groups is 1. The number of nitro groups is 1. The van der Waals surface area contributed by atoms with Crippen molar-refractivity contribution in [3.05, 3.63) is 97.3 Å². The monoisotopic (exact) mass is 492 g/mol. The van der Waals surface area contributed by atoms with E-state index in [1.54, 1.807) is 47.2 Å². The number of fused-ring (bicyclic) bond motifs is 1. The molecule has 0 spiro atoms. The summed E-state index contributed by atoms with van der Waals surface area (Å²) in [4.78, 5) is 53.0. The van der Waals surface area contributed by atoms with E-state index in [2.05, 4.69) is 4.98 Å². The highest BCUT2D eigenvalue weighted by molar-refractivity contribution is 5.96. The number of amides is 1. The molecule has 2 heterocycles. The van der Waals surface area contributed by atoms with Crippen LogP contribution in [0.3, 0.4) is 0 Å². The first-order valence-electron chi connectivity index (χ1n) is 11.0. The van der Waals surface area contributed by atoms with Crippen LogP contribution in [0.1, 0.15) is 5.56 Å². The lowest BCUT2D eigenvalue weighted by atomic mass is 10.2. The molecule has 4 aromatic rings. The van der Waals surface area contributed by atoms with Gasteiger partial charge >= 0.3 is 5.69 Å². The molecule has 0 saturated carbocycles. The molecule has 0 bridgehead atoms. The molecule has 2 aromatic heterocycles. The standard InChI is InChI=1S/C24H24N6O6/c1-36-12-11-28-22(25)21(23(32)26-24(28)33)29(14-16-5-3-2-4-6-16)20(31)15-27-10-9-17-13-18(30(34)35)7-8-19(17)27/h2-10,13H,11-12,14-15,25H2,1H3,(H,26,32,33). The summed E-state index contributed by atoms with van der Waals surface area (Å²) in [6.45, 7) is 0.105. The van der Waals surface area contributed by atoms with Crippen molar-refractivity contribution in [2.45, 2.75) is 19.6 Å². The van der Waals surface area contributed by atoms with E-state index in [1.807, 2.05) is 6.07 Å². The predicted molar refractivity (Wildman–Crippen MR) is 134 cm³/mol. The number of hydrogen-bond acceptors (Lipinski definition) is 7. The first kappa shape index (κ1) is 24.4. The summed E-state index contributed by atoms with van der Waals surface area (Å²) in [5, 5.41) is 11.7. The van der Waals surface area contributed by atoms with Crippen molar-refractivity contribution >= 4 is 34.0 Å². The van der Waals surface area contributed by atoms with Crippen LogP contribution in [0.4, 0.5) is 17.2 Å². The molecule has 0 atom stereocenters. The number of benzene rings is 2. The van der Waals surface area contributed by atoms with Crippen molar-refractivity contribution in [3.8, 4) is 0 Å². The van der Waals surface area contributed by atoms with Crippen molar-refractivity contribution in [1.82, 2.24) is 14.1 Å². The maximum absolute atomic E-state index is 13.6. The van der Waals surface area contributed by atoms with Crippen LogP contribution in [0, 0.1) is 10.1 Å². The van der Waals surface area contributed by atoms with Gasteiger partial charge in [0.1, 0.15) is 12.4 Å². The molecule has 4 rings (SSSR count). The summed E-state index contributed by atoms with van der Waals surface area (Å²) < 4.78 is 7.81. The number of hydrogen-bond donors (Lipinski definition) is 2. The number of methoxy groups -OCH3 is 1. The second-order valence-corrected chi connectivity index (χ2v) is 8.05. The van der Waals surface area contributed by atoms with Gasteiger partial charge in [-0.1, -0.05) is 30.3 Å². The molecule has 2 aromatic carbocycles. The Morgan fingerprint density at radius 3 is 2.61 bits per heavy atom. The maximum atomic E-state index is 13.6. The van der Waals surface area contributed by atoms with Gasteiger partial charge in [-0.25, -0.2) is 4.79 Å². The molecule has 0 fully saturated rings. The van der Waals surface area contributed by atoms with E-state index in [0.717, 1.165) is 10.1 Å². The van der Waals surface area contributed by atoms with Gasteiger partial charge in [0, 0.05) is 36.3 Å². The molecule has 1 amide bonds. The summed E-state index contributed by atoms with van der Waals surface area (Å²) in [7, 11) is 1.47. The normalized spacial score (nSPS) is 11.0. The number of nitrogens with one attached hydrogen (secondary N) is 1. The van der Waals surface area contributed by atoms with E-state index in [9.17, 15) is 24.5 Å². The minimum Gasteiger partial charge on any atom is -0.383 e. The highest BCUT2D eigenvalue weighted by Crippen LogP contribution is 2.24. The molecule has 0 aliphatic carbocycles. The summed E-state index contributed by atoms with van der Waals surface area (Å²) in [6, 6.07) is 15.1. The first-order chi connectivity index (χ1) is 17.3. The Hall–Kier alpha value is -4.71. The van der Waals surface area contributed by atoms with Crippen LogP contribution in [-0.2, 0) is 29.2 Å². The minimum absolute atomic E-state index is 0.0279. The number of carbonyl (C=O) groups excluding carboxylic acids is 1. The molecular weight excluding hydrogens is 468 g/mol. The molecule has 0 radical (unpaired) electrons. The Morgan fingerprint density at radius 1 is 1.17 bits per heavy atom. The highest BCUT2D eigenvalue weighted by atomic mass is 16.6. The summed E-state index contributed by atoms with van der Waals surface area (Å²) >= 11 is 0. The number of nitro benzene ring substituents is 1. The van der Waals surface area contributed by atoms with E-state index in [1.165, 1.54) is 24.1 Å². The smallest absolute Gasteiger partial charge is 0.330 e. The van der Waals surface area contributed by atoms with E-state index < -0.39 is 22.1 Å². The number of aromatic amines is 1. The fourth-order valence-electron chi connectivity index (χ4n) is 3.97. The summed E-state index contributed by atoms with van der Waals surface area (Å²) in [6.07, 6.45) is 1.64. The van der Waals surface area contributed by atoms with Gasteiger partial charge in [-0.15, -0.1) is 0 Å². The number of H-pyrrole nitrogens is 1. The van der Waals surface area contributed by atoms with Crippen LogP contribution in [0.5, 0.6) is 0 Å². The number of anilines is 2. The van der Waals surface area contributed by atoms with E-state index in [-0.39, 0.29) is 43.4 Å². The zero-order valence-corrected chi connectivity index (χ0v) is 19.4. The number of nitrogens with two attached hydrogens (primary N) is 1. The quantitative estimate of drug-likeness (QED) is 0.266. The fourth-order valence-corrected chi connectivity index (χ4v) is 3.97. The van der Waals surface area contributed by atoms with Gasteiger partial charge < -0.3 is 15.0 Å². The third-order valence-electron chi connectivity index (χ3n) is 5.76. The van der Waals surface area contributed by atoms with E-state index in [0.29, 0.717) is 10.9 Å². The zero-order chi connectivity index (χ0) is 25.8. The van der Waals surface area contributed by atoms with Gasteiger partial charge in [-0.3, -0.25) is 34.2 Å². The van der Waals surface area contributed by atoms with Crippen molar-refractivity contribution in [2.24, 2.45) is 0 Å². The Bertz CT molecular complexity index is 1540. The van der Waals surface area contributed by atoms with Crippen molar-refractivity contribution in [1.29, 1.82) is 0 Å². The average Bonchev–Trinajstić information content (AvgIpc) is 3.25. The molecule has 3 N–H and O–H groups in total.